The summed E-state index contributed by atoms with van der Waals surface area (Å²) in [6.07, 6.45) is 3.38. The van der Waals surface area contributed by atoms with Crippen LogP contribution >= 0.6 is 0 Å². The van der Waals surface area contributed by atoms with Crippen LogP contribution in [0.5, 0.6) is 0 Å². The van der Waals surface area contributed by atoms with Gasteiger partial charge in [0.2, 0.25) is 0 Å². The fourth-order valence-electron chi connectivity index (χ4n) is 0.428. The molecule has 0 aromatic rings. The molecule has 1 rings (SSSR count). The molecule has 0 aromatic carbocycles. The van der Waals surface area contributed by atoms with Crippen LogP contribution in [0.4, 0.5) is 0 Å². The van der Waals surface area contributed by atoms with Gasteiger partial charge in [-0.1, -0.05) is 15.5 Å². The molecule has 1 atom stereocenters. The topological polar surface area (TPSA) is 0 Å². The van der Waals surface area contributed by atoms with Gasteiger partial charge in [-0.2, -0.15) is 0 Å². The zero-order valence-corrected chi connectivity index (χ0v) is 5.02. The van der Waals surface area contributed by atoms with Crippen molar-refractivity contribution in [1.29, 1.82) is 0 Å². The highest BCUT2D eigenvalue weighted by atomic mass is 32.8. The third kappa shape index (κ3) is 0.884. The largest absolute Gasteiger partial charge is 0.0975 e. The Hall–Kier alpha value is 0.310. The van der Waals surface area contributed by atoms with Crippen molar-refractivity contribution in [1.82, 2.24) is 0 Å². The van der Waals surface area contributed by atoms with Gasteiger partial charge in [0.1, 0.15) is 0 Å². The first-order valence-corrected chi connectivity index (χ1v) is 4.31. The zero-order chi connectivity index (χ0) is 4.41. The quantitative estimate of drug-likeness (QED) is 0.457. The van der Waals surface area contributed by atoms with Crippen molar-refractivity contribution in [3.05, 3.63) is 11.5 Å². The summed E-state index contributed by atoms with van der Waals surface area (Å²) < 4.78 is 0. The first-order chi connectivity index (χ1) is 2.89. The first-order valence-electron chi connectivity index (χ1n) is 1.93. The Morgan fingerprint density at radius 1 is 1.67 bits per heavy atom. The molecule has 0 nitrogen and oxygen atoms in total. The lowest BCUT2D eigenvalue weighted by atomic mass is 10.5. The summed E-state index contributed by atoms with van der Waals surface area (Å²) in [6.45, 7) is 0. The summed E-state index contributed by atoms with van der Waals surface area (Å²) in [7, 11) is 0.230. The highest BCUT2D eigenvalue weighted by Gasteiger charge is 1.92. The molecule has 1 aliphatic rings. The van der Waals surface area contributed by atoms with Gasteiger partial charge in [-0.05, 0) is 23.0 Å². The molecule has 0 spiro atoms. The Kier molecular flexibility index (Phi) is 1.37. The maximum atomic E-state index is 4.94. The third-order valence-electron chi connectivity index (χ3n) is 0.734. The molecule has 1 aliphatic heterocycles. The van der Waals surface area contributed by atoms with Gasteiger partial charge in [-0.3, -0.25) is 0 Å². The van der Waals surface area contributed by atoms with E-state index in [1.807, 2.05) is 0 Å². The van der Waals surface area contributed by atoms with E-state index in [9.17, 15) is 0 Å². The van der Waals surface area contributed by atoms with E-state index in [2.05, 4.69) is 11.5 Å². The number of rotatable bonds is 0. The summed E-state index contributed by atoms with van der Waals surface area (Å²) in [4.78, 5) is 0. The fraction of sp³-hybridized carbons (Fsp3) is 0.500. The van der Waals surface area contributed by atoms with Crippen LogP contribution in [0, 0.1) is 0 Å². The molecule has 0 saturated heterocycles. The van der Waals surface area contributed by atoms with Crippen molar-refractivity contribution in [3.8, 4) is 0 Å². The monoisotopic (exact) mass is 118 g/mol. The molecule has 6 heavy (non-hydrogen) atoms. The molecule has 0 fully saturated rings. The second-order valence-electron chi connectivity index (χ2n) is 1.25. The van der Waals surface area contributed by atoms with Crippen LogP contribution in [-0.2, 0) is 20.6 Å². The van der Waals surface area contributed by atoms with Gasteiger partial charge in [0.15, 0.2) is 0 Å². The van der Waals surface area contributed by atoms with E-state index in [1.165, 1.54) is 12.2 Å². The van der Waals surface area contributed by atoms with Crippen molar-refractivity contribution < 1.29 is 0 Å². The van der Waals surface area contributed by atoms with Gasteiger partial charge >= 0.3 is 0 Å². The van der Waals surface area contributed by atoms with Crippen LogP contribution in [0.25, 0.3) is 0 Å². The summed E-state index contributed by atoms with van der Waals surface area (Å²) in [6, 6.07) is 0. The fourth-order valence-corrected chi connectivity index (χ4v) is 1.81. The van der Waals surface area contributed by atoms with Gasteiger partial charge in [0, 0.05) is 5.75 Å². The lowest BCUT2D eigenvalue weighted by Crippen LogP contribution is -1.77. The van der Waals surface area contributed by atoms with Crippen LogP contribution in [0.15, 0.2) is 11.5 Å². The third-order valence-corrected chi connectivity index (χ3v) is 2.70. The minimum atomic E-state index is 0.230. The second kappa shape index (κ2) is 1.85. The smallest absolute Gasteiger partial charge is 0.00530 e. The molecule has 0 radical (unpaired) electrons. The predicted octanol–water partition coefficient (Wildman–Crippen LogP) is 0.984. The molecule has 34 valence electrons. The maximum Gasteiger partial charge on any atom is 0.00530 e. The molecule has 1 heterocycles. The summed E-state index contributed by atoms with van der Waals surface area (Å²) in [5, 5.41) is 2.12. The lowest BCUT2D eigenvalue weighted by molar-refractivity contribution is 1.28. The summed E-state index contributed by atoms with van der Waals surface area (Å²) in [5.41, 5.74) is 0. The molecular formula is C4H6S2. The Morgan fingerprint density at radius 2 is 2.50 bits per heavy atom. The van der Waals surface area contributed by atoms with Gasteiger partial charge in [-0.15, -0.1) is 0 Å². The summed E-state index contributed by atoms with van der Waals surface area (Å²) >= 11 is 4.94. The van der Waals surface area contributed by atoms with Crippen molar-refractivity contribution in [3.63, 3.8) is 0 Å². The van der Waals surface area contributed by atoms with E-state index in [1.54, 1.807) is 0 Å². The van der Waals surface area contributed by atoms with E-state index in [-0.39, 0.29) is 9.45 Å². The molecule has 0 saturated carbocycles. The van der Waals surface area contributed by atoms with Gasteiger partial charge in [0.05, 0.1) is 0 Å². The van der Waals surface area contributed by atoms with Crippen LogP contribution in [0.1, 0.15) is 6.42 Å². The average molecular weight is 118 g/mol. The van der Waals surface area contributed by atoms with E-state index < -0.39 is 0 Å². The molecule has 0 bridgehead atoms. The predicted molar refractivity (Wildman–Crippen MR) is 33.4 cm³/mol. The minimum Gasteiger partial charge on any atom is -0.0975 e. The Labute approximate surface area is 44.8 Å². The van der Waals surface area contributed by atoms with E-state index in [0.29, 0.717) is 0 Å². The average Bonchev–Trinajstić information content (AvgIpc) is 1.86. The Balaban J connectivity index is 2.59. The van der Waals surface area contributed by atoms with Gasteiger partial charge in [0.25, 0.3) is 0 Å². The van der Waals surface area contributed by atoms with Crippen LogP contribution < -0.4 is 0 Å². The molecule has 0 aromatic heterocycles. The maximum absolute atomic E-state index is 4.94. The van der Waals surface area contributed by atoms with E-state index in [4.69, 9.17) is 11.2 Å². The van der Waals surface area contributed by atoms with Gasteiger partial charge in [-0.25, -0.2) is 0 Å². The van der Waals surface area contributed by atoms with Gasteiger partial charge < -0.3 is 0 Å². The van der Waals surface area contributed by atoms with Crippen molar-refractivity contribution in [2.24, 2.45) is 0 Å². The van der Waals surface area contributed by atoms with Crippen molar-refractivity contribution >= 4 is 20.6 Å². The van der Waals surface area contributed by atoms with Crippen LogP contribution in [0.3, 0.4) is 0 Å². The highest BCUT2D eigenvalue weighted by molar-refractivity contribution is 8.30. The van der Waals surface area contributed by atoms with E-state index >= 15 is 0 Å². The van der Waals surface area contributed by atoms with Crippen molar-refractivity contribution in [2.75, 3.05) is 5.75 Å². The van der Waals surface area contributed by atoms with Crippen LogP contribution in [-0.4, -0.2) is 5.75 Å². The van der Waals surface area contributed by atoms with Crippen molar-refractivity contribution in [2.45, 2.75) is 6.42 Å². The minimum absolute atomic E-state index is 0.230. The SMILES string of the molecule is S=S1C=CCC1. The normalized spacial score (nSPS) is 31.7. The number of hydrogen-bond donors (Lipinski definition) is 0. The molecule has 2 heteroatoms. The zero-order valence-electron chi connectivity index (χ0n) is 3.39. The molecule has 0 N–H and O–H groups in total. The molecule has 1 unspecified atom stereocenters. The first kappa shape index (κ1) is 4.47. The number of hydrogen-bond acceptors (Lipinski definition) is 1. The molecule has 0 amide bonds. The lowest BCUT2D eigenvalue weighted by Gasteiger charge is -1.78. The number of allylic oxidation sites excluding steroid dienone is 1. The highest BCUT2D eigenvalue weighted by Crippen LogP contribution is 2.00. The van der Waals surface area contributed by atoms with Crippen LogP contribution in [0.2, 0.25) is 0 Å². The van der Waals surface area contributed by atoms with E-state index in [0.717, 1.165) is 0 Å². The standard InChI is InChI=1S/C4H6S2/c5-6-3-1-2-4-6/h1,3H,2,4H2. The summed E-state index contributed by atoms with van der Waals surface area (Å²) in [5.74, 6) is 1.22. The second-order valence-corrected chi connectivity index (χ2v) is 3.97. The Morgan fingerprint density at radius 3 is 2.67 bits per heavy atom. The molecule has 0 aliphatic carbocycles. The molecular weight excluding hydrogens is 112 g/mol. The Bertz CT molecular complexity index is 93.7.